The molecule has 2 aliphatic rings. The van der Waals surface area contributed by atoms with E-state index in [0.717, 1.165) is 53.3 Å². The standard InChI is InChI=1S/C30H27FN4O/c1-34-11-10-20-12-18(5-9-29(20)34)26-8-4-21(13-27(26)19-2-3-22(17-32)28(31)14-19)30(36)35-24-6-7-25(35)16-23(33)15-24/h2-5,8-14,23-25H,6-7,15-16,33H2,1H3/t23-,24-,25+. The molecule has 2 bridgehead atoms. The Morgan fingerprint density at radius 1 is 0.972 bits per heavy atom. The van der Waals surface area contributed by atoms with E-state index in [1.807, 2.05) is 42.4 Å². The smallest absolute Gasteiger partial charge is 0.254 e. The zero-order valence-electron chi connectivity index (χ0n) is 20.1. The second kappa shape index (κ2) is 8.61. The van der Waals surface area contributed by atoms with Gasteiger partial charge in [0.05, 0.1) is 5.56 Å². The lowest BCUT2D eigenvalue weighted by molar-refractivity contribution is 0.0575. The average molecular weight is 479 g/mol. The maximum Gasteiger partial charge on any atom is 0.254 e. The molecule has 4 aromatic rings. The zero-order chi connectivity index (χ0) is 25.0. The van der Waals surface area contributed by atoms with Gasteiger partial charge < -0.3 is 15.2 Å². The van der Waals surface area contributed by atoms with Crippen LogP contribution in [-0.4, -0.2) is 33.5 Å². The number of carbonyl (C=O) groups is 1. The third-order valence-corrected chi connectivity index (χ3v) is 7.87. The van der Waals surface area contributed by atoms with Gasteiger partial charge >= 0.3 is 0 Å². The number of hydrogen-bond acceptors (Lipinski definition) is 3. The molecule has 3 atom stereocenters. The summed E-state index contributed by atoms with van der Waals surface area (Å²) >= 11 is 0. The molecular formula is C30H27FN4O. The Morgan fingerprint density at radius 3 is 2.42 bits per heavy atom. The molecule has 2 saturated heterocycles. The normalized spacial score (nSPS) is 21.1. The van der Waals surface area contributed by atoms with Crippen LogP contribution in [0.25, 0.3) is 33.2 Å². The van der Waals surface area contributed by atoms with Crippen molar-refractivity contribution < 1.29 is 9.18 Å². The number of fused-ring (bicyclic) bond motifs is 3. The molecule has 0 aliphatic carbocycles. The van der Waals surface area contributed by atoms with E-state index >= 15 is 0 Å². The molecule has 0 saturated carbocycles. The number of carbonyl (C=O) groups excluding carboxylic acids is 1. The maximum absolute atomic E-state index is 14.7. The highest BCUT2D eigenvalue weighted by molar-refractivity contribution is 5.99. The first-order valence-electron chi connectivity index (χ1n) is 12.4. The summed E-state index contributed by atoms with van der Waals surface area (Å²) in [5.41, 5.74) is 11.2. The monoisotopic (exact) mass is 478 g/mol. The lowest BCUT2D eigenvalue weighted by atomic mass is 9.91. The number of hydrogen-bond donors (Lipinski definition) is 1. The number of nitriles is 1. The Kier molecular flexibility index (Phi) is 5.39. The molecule has 0 unspecified atom stereocenters. The van der Waals surface area contributed by atoms with Gasteiger partial charge in [-0.1, -0.05) is 18.2 Å². The number of amides is 1. The van der Waals surface area contributed by atoms with Crippen molar-refractivity contribution in [3.8, 4) is 28.3 Å². The first-order chi connectivity index (χ1) is 17.4. The van der Waals surface area contributed by atoms with Crippen molar-refractivity contribution in [1.29, 1.82) is 5.26 Å². The SMILES string of the molecule is Cn1ccc2cc(-c3ccc(C(=O)N4[C@@H]5CC[C@H]4C[C@H](N)C5)cc3-c3ccc(C#N)c(F)c3)ccc21. The van der Waals surface area contributed by atoms with Gasteiger partial charge in [-0.25, -0.2) is 4.39 Å². The summed E-state index contributed by atoms with van der Waals surface area (Å²) in [5, 5.41) is 10.3. The lowest BCUT2D eigenvalue weighted by Crippen LogP contribution is -2.50. The van der Waals surface area contributed by atoms with Crippen LogP contribution in [0.5, 0.6) is 0 Å². The number of piperidine rings is 1. The minimum Gasteiger partial charge on any atom is -0.351 e. The Morgan fingerprint density at radius 2 is 1.69 bits per heavy atom. The highest BCUT2D eigenvalue weighted by Crippen LogP contribution is 2.39. The maximum atomic E-state index is 14.7. The fourth-order valence-electron chi connectivity index (χ4n) is 6.09. The minimum atomic E-state index is -0.570. The molecule has 2 fully saturated rings. The van der Waals surface area contributed by atoms with Crippen LogP contribution in [0.3, 0.4) is 0 Å². The Bertz CT molecular complexity index is 1530. The number of nitrogens with zero attached hydrogens (tertiary/aromatic N) is 3. The fourth-order valence-corrected chi connectivity index (χ4v) is 6.09. The van der Waals surface area contributed by atoms with Crippen LogP contribution in [-0.2, 0) is 7.05 Å². The van der Waals surface area contributed by atoms with E-state index in [0.29, 0.717) is 11.1 Å². The predicted octanol–water partition coefficient (Wildman–Crippen LogP) is 5.62. The highest BCUT2D eigenvalue weighted by atomic mass is 19.1. The third kappa shape index (κ3) is 3.68. The van der Waals surface area contributed by atoms with Crippen LogP contribution in [0, 0.1) is 17.1 Å². The van der Waals surface area contributed by atoms with E-state index in [2.05, 4.69) is 28.8 Å². The molecule has 3 heterocycles. The number of aromatic nitrogens is 1. The van der Waals surface area contributed by atoms with Crippen LogP contribution < -0.4 is 5.73 Å². The van der Waals surface area contributed by atoms with Crippen LogP contribution in [0.4, 0.5) is 4.39 Å². The van der Waals surface area contributed by atoms with Crippen LogP contribution >= 0.6 is 0 Å². The quantitative estimate of drug-likeness (QED) is 0.415. The summed E-state index contributed by atoms with van der Waals surface area (Å²) in [5.74, 6) is -0.561. The summed E-state index contributed by atoms with van der Waals surface area (Å²) < 4.78 is 16.7. The van der Waals surface area contributed by atoms with E-state index in [9.17, 15) is 14.4 Å². The van der Waals surface area contributed by atoms with Crippen molar-refractivity contribution in [2.45, 2.75) is 43.8 Å². The largest absolute Gasteiger partial charge is 0.351 e. The molecule has 6 rings (SSSR count). The average Bonchev–Trinajstić information content (AvgIpc) is 3.39. The van der Waals surface area contributed by atoms with Crippen molar-refractivity contribution in [2.75, 3.05) is 0 Å². The number of aryl methyl sites for hydroxylation is 1. The first-order valence-corrected chi connectivity index (χ1v) is 12.4. The molecule has 1 amide bonds. The molecule has 0 spiro atoms. The van der Waals surface area contributed by atoms with Crippen molar-refractivity contribution in [1.82, 2.24) is 9.47 Å². The van der Waals surface area contributed by atoms with Crippen LogP contribution in [0.2, 0.25) is 0 Å². The molecule has 6 heteroatoms. The van der Waals surface area contributed by atoms with Crippen molar-refractivity contribution in [2.24, 2.45) is 12.8 Å². The molecule has 1 aromatic heterocycles. The zero-order valence-corrected chi connectivity index (χ0v) is 20.1. The van der Waals surface area contributed by atoms with E-state index < -0.39 is 5.82 Å². The van der Waals surface area contributed by atoms with Crippen LogP contribution in [0.15, 0.2) is 66.9 Å². The predicted molar refractivity (Wildman–Crippen MR) is 139 cm³/mol. The van der Waals surface area contributed by atoms with Crippen molar-refractivity contribution in [3.05, 3.63) is 83.8 Å². The topological polar surface area (TPSA) is 75.1 Å². The second-order valence-electron chi connectivity index (χ2n) is 10.1. The van der Waals surface area contributed by atoms with E-state index in [1.54, 1.807) is 6.07 Å². The molecule has 36 heavy (non-hydrogen) atoms. The minimum absolute atomic E-state index is 0.000494. The Hall–Kier alpha value is -3.95. The molecule has 0 radical (unpaired) electrons. The van der Waals surface area contributed by atoms with Gasteiger partial charge in [0.1, 0.15) is 11.9 Å². The Labute approximate surface area is 209 Å². The third-order valence-electron chi connectivity index (χ3n) is 7.87. The second-order valence-corrected chi connectivity index (χ2v) is 10.1. The van der Waals surface area contributed by atoms with Gasteiger partial charge in [-0.2, -0.15) is 5.26 Å². The summed E-state index contributed by atoms with van der Waals surface area (Å²) in [6.45, 7) is 0. The number of benzene rings is 3. The van der Waals surface area contributed by atoms with E-state index in [4.69, 9.17) is 5.73 Å². The summed E-state index contributed by atoms with van der Waals surface area (Å²) in [6.07, 6.45) is 5.68. The Balaban J connectivity index is 1.47. The van der Waals surface area contributed by atoms with Crippen molar-refractivity contribution in [3.63, 3.8) is 0 Å². The fraction of sp³-hybridized carbons (Fsp3) is 0.267. The highest BCUT2D eigenvalue weighted by Gasteiger charge is 2.42. The molecule has 3 aromatic carbocycles. The molecular weight excluding hydrogens is 451 g/mol. The molecule has 180 valence electrons. The number of halogens is 1. The first kappa shape index (κ1) is 22.5. The number of nitrogens with two attached hydrogens (primary N) is 1. The molecule has 5 nitrogen and oxygen atoms in total. The van der Waals surface area contributed by atoms with Gasteiger partial charge in [-0.05, 0) is 90.4 Å². The lowest BCUT2D eigenvalue weighted by Gasteiger charge is -2.38. The van der Waals surface area contributed by atoms with Gasteiger partial charge in [-0.15, -0.1) is 0 Å². The van der Waals surface area contributed by atoms with Gasteiger partial charge in [0, 0.05) is 47.8 Å². The van der Waals surface area contributed by atoms with Gasteiger partial charge in [0.2, 0.25) is 0 Å². The molecule has 2 N–H and O–H groups in total. The van der Waals surface area contributed by atoms with Crippen molar-refractivity contribution >= 4 is 16.8 Å². The van der Waals surface area contributed by atoms with Gasteiger partial charge in [0.15, 0.2) is 0 Å². The summed E-state index contributed by atoms with van der Waals surface area (Å²) in [6, 6.07) is 21.0. The molecule has 2 aliphatic heterocycles. The summed E-state index contributed by atoms with van der Waals surface area (Å²) in [4.78, 5) is 15.7. The number of rotatable bonds is 3. The van der Waals surface area contributed by atoms with Gasteiger partial charge in [-0.3, -0.25) is 4.79 Å². The summed E-state index contributed by atoms with van der Waals surface area (Å²) in [7, 11) is 2.01. The van der Waals surface area contributed by atoms with Crippen LogP contribution in [0.1, 0.15) is 41.6 Å². The van der Waals surface area contributed by atoms with Gasteiger partial charge in [0.25, 0.3) is 5.91 Å². The van der Waals surface area contributed by atoms with E-state index in [-0.39, 0.29) is 29.6 Å². The van der Waals surface area contributed by atoms with E-state index in [1.165, 1.54) is 12.1 Å².